The Hall–Kier alpha value is -3.75. The van der Waals surface area contributed by atoms with Crippen LogP contribution in [0.4, 0.5) is 18.9 Å². The van der Waals surface area contributed by atoms with Crippen LogP contribution >= 0.6 is 0 Å². The van der Waals surface area contributed by atoms with E-state index in [1.807, 2.05) is 36.7 Å². The quantitative estimate of drug-likeness (QED) is 0.408. The third-order valence-corrected chi connectivity index (χ3v) is 8.88. The van der Waals surface area contributed by atoms with Crippen LogP contribution in [0.25, 0.3) is 0 Å². The molecule has 11 heteroatoms. The fraction of sp³-hybridized carbons (Fsp3) is 0.484. The summed E-state index contributed by atoms with van der Waals surface area (Å²) < 4.78 is 50.6. The molecule has 1 aliphatic carbocycles. The van der Waals surface area contributed by atoms with Gasteiger partial charge in [0.15, 0.2) is 0 Å². The number of alkyl halides is 3. The predicted octanol–water partition coefficient (Wildman–Crippen LogP) is 5.02. The highest BCUT2D eigenvalue weighted by atomic mass is 19.4. The van der Waals surface area contributed by atoms with E-state index in [-0.39, 0.29) is 35.1 Å². The average molecular weight is 579 g/mol. The molecule has 1 unspecified atom stereocenters. The predicted molar refractivity (Wildman–Crippen MR) is 148 cm³/mol. The third-order valence-electron chi connectivity index (χ3n) is 8.88. The molecule has 1 amide bonds. The van der Waals surface area contributed by atoms with Crippen molar-refractivity contribution in [3.05, 3.63) is 76.4 Å². The number of amides is 1. The van der Waals surface area contributed by atoms with Crippen molar-refractivity contribution in [1.82, 2.24) is 19.7 Å². The Morgan fingerprint density at radius 2 is 2.02 bits per heavy atom. The number of halogens is 3. The Morgan fingerprint density at radius 1 is 1.21 bits per heavy atom. The number of aryl methyl sites for hydroxylation is 1. The smallest absolute Gasteiger partial charge is 0.377 e. The Balaban J connectivity index is 1.31. The number of benzene rings is 2. The van der Waals surface area contributed by atoms with E-state index < -0.39 is 17.6 Å². The maximum atomic E-state index is 14.3. The third kappa shape index (κ3) is 5.29. The highest BCUT2D eigenvalue weighted by Gasteiger charge is 2.47. The maximum absolute atomic E-state index is 14.3. The van der Waals surface area contributed by atoms with E-state index in [0.717, 1.165) is 24.4 Å². The van der Waals surface area contributed by atoms with Crippen LogP contribution in [0.15, 0.2) is 42.7 Å². The monoisotopic (exact) mass is 578 g/mol. The average Bonchev–Trinajstić information content (AvgIpc) is 3.41. The molecule has 3 aliphatic rings. The number of carbonyl (C=O) groups is 1. The maximum Gasteiger partial charge on any atom is 0.416 e. The molecule has 1 atom stereocenters. The number of aromatic nitrogens is 3. The van der Waals surface area contributed by atoms with Crippen molar-refractivity contribution in [1.29, 1.82) is 5.26 Å². The molecule has 2 fully saturated rings. The number of nitriles is 1. The molecule has 1 aromatic heterocycles. The van der Waals surface area contributed by atoms with Gasteiger partial charge in [0.2, 0.25) is 0 Å². The lowest BCUT2D eigenvalue weighted by Crippen LogP contribution is -2.43. The van der Waals surface area contributed by atoms with E-state index in [1.54, 1.807) is 18.5 Å². The van der Waals surface area contributed by atoms with Crippen LogP contribution in [-0.4, -0.2) is 51.4 Å². The van der Waals surface area contributed by atoms with Gasteiger partial charge in [0.05, 0.1) is 24.3 Å². The van der Waals surface area contributed by atoms with Crippen LogP contribution < -0.4 is 4.90 Å². The van der Waals surface area contributed by atoms with E-state index in [2.05, 4.69) is 21.2 Å². The van der Waals surface area contributed by atoms with Crippen molar-refractivity contribution in [2.24, 2.45) is 13.0 Å². The first kappa shape index (κ1) is 28.4. The molecule has 1 saturated heterocycles. The molecule has 220 valence electrons. The van der Waals surface area contributed by atoms with Crippen molar-refractivity contribution in [3.8, 4) is 6.07 Å². The summed E-state index contributed by atoms with van der Waals surface area (Å²) in [7, 11) is 1.87. The van der Waals surface area contributed by atoms with E-state index in [4.69, 9.17) is 4.74 Å². The van der Waals surface area contributed by atoms with Gasteiger partial charge in [-0.1, -0.05) is 12.1 Å². The second kappa shape index (κ2) is 10.8. The number of hydrogen-bond donors (Lipinski definition) is 0. The van der Waals surface area contributed by atoms with Gasteiger partial charge in [0.1, 0.15) is 12.2 Å². The van der Waals surface area contributed by atoms with Gasteiger partial charge in [0.25, 0.3) is 5.91 Å². The van der Waals surface area contributed by atoms with E-state index >= 15 is 0 Å². The first-order valence-electron chi connectivity index (χ1n) is 14.3. The molecule has 3 heterocycles. The van der Waals surface area contributed by atoms with Crippen LogP contribution in [-0.2, 0) is 42.9 Å². The number of nitrogens with zero attached hydrogens (tertiary/aromatic N) is 6. The number of rotatable bonds is 6. The van der Waals surface area contributed by atoms with Crippen LogP contribution in [0, 0.1) is 17.2 Å². The van der Waals surface area contributed by atoms with Gasteiger partial charge in [-0.05, 0) is 67.1 Å². The van der Waals surface area contributed by atoms with Crippen molar-refractivity contribution >= 4 is 11.6 Å². The van der Waals surface area contributed by atoms with Crippen molar-refractivity contribution in [3.63, 3.8) is 0 Å². The number of hydrogen-bond acceptors (Lipinski definition) is 6. The minimum absolute atomic E-state index is 0.00974. The minimum atomic E-state index is -4.59. The lowest BCUT2D eigenvalue weighted by molar-refractivity contribution is -0.138. The summed E-state index contributed by atoms with van der Waals surface area (Å²) in [6.07, 6.45) is -0.325. The van der Waals surface area contributed by atoms with Crippen LogP contribution in [0.2, 0.25) is 0 Å². The lowest BCUT2D eigenvalue weighted by atomic mass is 9.57. The summed E-state index contributed by atoms with van der Waals surface area (Å²) >= 11 is 0. The Morgan fingerprint density at radius 3 is 2.74 bits per heavy atom. The molecule has 3 aromatic rings. The summed E-state index contributed by atoms with van der Waals surface area (Å²) in [4.78, 5) is 17.3. The van der Waals surface area contributed by atoms with E-state index in [0.29, 0.717) is 50.2 Å². The SMILES string of the molecule is CC1CN(Cc2cc3c(c(C(F)(F)F)c2)CN(c2cccc(C4(Cc5nncn5C)CC(C#N)C4)c2)C3=O)CCCO1. The van der Waals surface area contributed by atoms with Crippen LogP contribution in [0.3, 0.4) is 0 Å². The van der Waals surface area contributed by atoms with Gasteiger partial charge >= 0.3 is 6.18 Å². The zero-order valence-corrected chi connectivity index (χ0v) is 23.7. The van der Waals surface area contributed by atoms with E-state index in [1.165, 1.54) is 11.0 Å². The number of fused-ring (bicyclic) bond motifs is 1. The Kier molecular flexibility index (Phi) is 7.31. The van der Waals surface area contributed by atoms with Gasteiger partial charge in [-0.2, -0.15) is 18.4 Å². The van der Waals surface area contributed by atoms with Gasteiger partial charge in [0, 0.05) is 62.3 Å². The fourth-order valence-corrected chi connectivity index (χ4v) is 6.73. The molecule has 0 N–H and O–H groups in total. The van der Waals surface area contributed by atoms with Gasteiger partial charge < -0.3 is 14.2 Å². The normalized spacial score (nSPS) is 24.7. The largest absolute Gasteiger partial charge is 0.416 e. The van der Waals surface area contributed by atoms with Gasteiger partial charge in [-0.15, -0.1) is 10.2 Å². The first-order valence-corrected chi connectivity index (χ1v) is 14.3. The summed E-state index contributed by atoms with van der Waals surface area (Å²) in [5, 5.41) is 17.7. The molecule has 42 heavy (non-hydrogen) atoms. The second-order valence-corrected chi connectivity index (χ2v) is 11.9. The molecule has 6 rings (SSSR count). The molecule has 8 nitrogen and oxygen atoms in total. The van der Waals surface area contributed by atoms with Gasteiger partial charge in [-0.25, -0.2) is 0 Å². The first-order chi connectivity index (χ1) is 20.1. The standard InChI is InChI=1S/C31H33F3N6O2/c1-20-16-39(7-4-8-42-20)17-21-9-25-26(27(10-21)31(32,33)34)18-40(29(25)41)24-6-3-5-23(11-24)30(12-22(13-30)15-35)14-28-37-36-19-38(28)2/h3,5-6,9-11,19-20,22H,4,7-8,12-14,16-18H2,1-2H3. The summed E-state index contributed by atoms with van der Waals surface area (Å²) in [6, 6.07) is 12.6. The van der Waals surface area contributed by atoms with Gasteiger partial charge in [-0.3, -0.25) is 9.69 Å². The molecule has 0 bridgehead atoms. The molecular weight excluding hydrogens is 545 g/mol. The van der Waals surface area contributed by atoms with Crippen molar-refractivity contribution in [2.75, 3.05) is 24.6 Å². The lowest BCUT2D eigenvalue weighted by Gasteiger charge is -2.45. The summed E-state index contributed by atoms with van der Waals surface area (Å²) in [5.74, 6) is 0.258. The summed E-state index contributed by atoms with van der Waals surface area (Å²) in [6.45, 7) is 4.08. The number of anilines is 1. The second-order valence-electron chi connectivity index (χ2n) is 11.9. The highest BCUT2D eigenvalue weighted by Crippen LogP contribution is 2.50. The summed E-state index contributed by atoms with van der Waals surface area (Å²) in [5.41, 5.74) is 0.939. The number of ether oxygens (including phenoxy) is 1. The molecular formula is C31H33F3N6O2. The van der Waals surface area contributed by atoms with Crippen LogP contribution in [0.1, 0.15) is 64.6 Å². The van der Waals surface area contributed by atoms with Crippen LogP contribution in [0.5, 0.6) is 0 Å². The molecule has 2 aromatic carbocycles. The van der Waals surface area contributed by atoms with Crippen molar-refractivity contribution in [2.45, 2.75) is 63.4 Å². The Bertz CT molecular complexity index is 1540. The molecule has 0 spiro atoms. The highest BCUT2D eigenvalue weighted by molar-refractivity contribution is 6.10. The molecule has 0 radical (unpaired) electrons. The molecule has 1 saturated carbocycles. The zero-order chi connectivity index (χ0) is 29.6. The topological polar surface area (TPSA) is 87.3 Å². The minimum Gasteiger partial charge on any atom is -0.377 e. The fourth-order valence-electron chi connectivity index (χ4n) is 6.73. The zero-order valence-electron chi connectivity index (χ0n) is 23.7. The number of carbonyl (C=O) groups excluding carboxylic acids is 1. The van der Waals surface area contributed by atoms with E-state index in [9.17, 15) is 23.2 Å². The van der Waals surface area contributed by atoms with Crippen molar-refractivity contribution < 1.29 is 22.7 Å². The molecule has 2 aliphatic heterocycles. The Labute approximate surface area is 242 Å².